The summed E-state index contributed by atoms with van der Waals surface area (Å²) in [6.07, 6.45) is 40.9. The number of rotatable bonds is 33. The first-order valence-corrected chi connectivity index (χ1v) is 17.6. The molecule has 0 rings (SSSR count). The molecule has 0 aromatic heterocycles. The summed E-state index contributed by atoms with van der Waals surface area (Å²) in [5, 5.41) is 0. The molecule has 0 aromatic carbocycles. The summed E-state index contributed by atoms with van der Waals surface area (Å²) in [5.74, 6) is -0.194. The van der Waals surface area contributed by atoms with Crippen molar-refractivity contribution >= 4 is 5.97 Å². The first-order valence-electron chi connectivity index (χ1n) is 17.6. The van der Waals surface area contributed by atoms with Gasteiger partial charge < -0.3 is 0 Å². The summed E-state index contributed by atoms with van der Waals surface area (Å²) >= 11 is 0. The Hall–Kier alpha value is -0.570. The van der Waals surface area contributed by atoms with Crippen LogP contribution in [0.4, 0.5) is 0 Å². The van der Waals surface area contributed by atoms with Gasteiger partial charge in [-0.3, -0.25) is 4.89 Å². The van der Waals surface area contributed by atoms with Crippen molar-refractivity contribution in [3.63, 3.8) is 0 Å². The van der Waals surface area contributed by atoms with Crippen molar-refractivity contribution < 1.29 is 14.6 Å². The fraction of sp³-hybridized carbons (Fsp3) is 0.971. The molecule has 3 heteroatoms. The van der Waals surface area contributed by atoms with Crippen LogP contribution in [-0.4, -0.2) is 12.6 Å². The Balaban J connectivity index is 3.13. The van der Waals surface area contributed by atoms with E-state index in [0.717, 1.165) is 19.3 Å². The predicted octanol–water partition coefficient (Wildman–Crippen LogP) is 12.6. The van der Waals surface area contributed by atoms with Gasteiger partial charge in [-0.05, 0) is 12.8 Å². The molecule has 0 aliphatic rings. The van der Waals surface area contributed by atoms with Gasteiger partial charge in [0, 0.05) is 6.42 Å². The number of carbonyl (C=O) groups excluding carboxylic acids is 1. The Morgan fingerprint density at radius 1 is 0.368 bits per heavy atom. The lowest BCUT2D eigenvalue weighted by Crippen LogP contribution is -2.06. The molecule has 0 radical (unpaired) electrons. The van der Waals surface area contributed by atoms with Gasteiger partial charge in [-0.1, -0.05) is 194 Å². The van der Waals surface area contributed by atoms with Gasteiger partial charge in [-0.15, -0.1) is 0 Å². The van der Waals surface area contributed by atoms with Crippen molar-refractivity contribution in [2.75, 3.05) is 6.61 Å². The van der Waals surface area contributed by atoms with E-state index in [1.54, 1.807) is 0 Å². The third-order valence-corrected chi connectivity index (χ3v) is 7.97. The van der Waals surface area contributed by atoms with Crippen LogP contribution in [0.15, 0.2) is 0 Å². The van der Waals surface area contributed by atoms with Crippen LogP contribution in [0.2, 0.25) is 0 Å². The monoisotopic (exact) mass is 539 g/mol. The van der Waals surface area contributed by atoms with E-state index in [-0.39, 0.29) is 5.97 Å². The third-order valence-electron chi connectivity index (χ3n) is 7.97. The largest absolute Gasteiger partial charge is 0.342 e. The standard InChI is InChI=1S/C35H70O3/c1-3-5-7-9-11-13-15-17-18-19-20-22-24-26-28-30-32-34-37-38-35(36)33-31-29-27-25-23-21-16-14-12-10-8-6-4-2/h3-34H2,1-2H3. The van der Waals surface area contributed by atoms with Gasteiger partial charge >= 0.3 is 5.97 Å². The summed E-state index contributed by atoms with van der Waals surface area (Å²) in [7, 11) is 0. The van der Waals surface area contributed by atoms with Gasteiger partial charge in [0.1, 0.15) is 0 Å². The molecule has 0 bridgehead atoms. The Kier molecular flexibility index (Phi) is 33.9. The van der Waals surface area contributed by atoms with Crippen molar-refractivity contribution in [2.45, 2.75) is 213 Å². The van der Waals surface area contributed by atoms with Crippen molar-refractivity contribution in [2.24, 2.45) is 0 Å². The zero-order valence-electron chi connectivity index (χ0n) is 26.4. The van der Waals surface area contributed by atoms with Gasteiger partial charge in [0.25, 0.3) is 0 Å². The molecule has 0 heterocycles. The lowest BCUT2D eigenvalue weighted by atomic mass is 10.0. The minimum atomic E-state index is -0.194. The highest BCUT2D eigenvalue weighted by Gasteiger charge is 2.04. The molecule has 0 aliphatic carbocycles. The molecule has 0 saturated heterocycles. The molecule has 0 atom stereocenters. The molecule has 3 nitrogen and oxygen atoms in total. The first kappa shape index (κ1) is 37.4. The lowest BCUT2D eigenvalue weighted by molar-refractivity contribution is -0.272. The van der Waals surface area contributed by atoms with Crippen molar-refractivity contribution in [3.8, 4) is 0 Å². The summed E-state index contributed by atoms with van der Waals surface area (Å²) < 4.78 is 0. The number of hydrogen-bond acceptors (Lipinski definition) is 3. The molecule has 0 aromatic rings. The van der Waals surface area contributed by atoms with Crippen LogP contribution in [-0.2, 0) is 14.6 Å². The van der Waals surface area contributed by atoms with E-state index < -0.39 is 0 Å². The van der Waals surface area contributed by atoms with E-state index in [1.165, 1.54) is 173 Å². The highest BCUT2D eigenvalue weighted by atomic mass is 17.2. The second-order valence-corrected chi connectivity index (χ2v) is 11.9. The molecule has 38 heavy (non-hydrogen) atoms. The van der Waals surface area contributed by atoms with Gasteiger partial charge in [0.2, 0.25) is 0 Å². The van der Waals surface area contributed by atoms with Gasteiger partial charge in [-0.2, -0.15) is 4.89 Å². The second-order valence-electron chi connectivity index (χ2n) is 11.9. The van der Waals surface area contributed by atoms with Crippen molar-refractivity contribution in [1.29, 1.82) is 0 Å². The second kappa shape index (κ2) is 34.5. The van der Waals surface area contributed by atoms with Crippen molar-refractivity contribution in [3.05, 3.63) is 0 Å². The van der Waals surface area contributed by atoms with Crippen LogP contribution in [0.25, 0.3) is 0 Å². The zero-order chi connectivity index (χ0) is 27.6. The van der Waals surface area contributed by atoms with E-state index in [9.17, 15) is 4.79 Å². The predicted molar refractivity (Wildman–Crippen MR) is 167 cm³/mol. The summed E-state index contributed by atoms with van der Waals surface area (Å²) in [6, 6.07) is 0. The molecule has 0 spiro atoms. The van der Waals surface area contributed by atoms with Gasteiger partial charge in [0.15, 0.2) is 0 Å². The fourth-order valence-electron chi connectivity index (χ4n) is 5.32. The molecule has 0 N–H and O–H groups in total. The Morgan fingerprint density at radius 2 is 0.632 bits per heavy atom. The topological polar surface area (TPSA) is 35.5 Å². The maximum absolute atomic E-state index is 11.8. The van der Waals surface area contributed by atoms with Crippen LogP contribution in [0.1, 0.15) is 213 Å². The smallest absolute Gasteiger partial charge is 0.298 e. The highest BCUT2D eigenvalue weighted by molar-refractivity contribution is 5.68. The van der Waals surface area contributed by atoms with Crippen LogP contribution in [0.3, 0.4) is 0 Å². The average molecular weight is 539 g/mol. The molecule has 0 amide bonds. The zero-order valence-corrected chi connectivity index (χ0v) is 26.4. The van der Waals surface area contributed by atoms with Crippen LogP contribution < -0.4 is 0 Å². The minimum Gasteiger partial charge on any atom is -0.298 e. The third kappa shape index (κ3) is 33.5. The van der Waals surface area contributed by atoms with Crippen LogP contribution >= 0.6 is 0 Å². The molecule has 0 unspecified atom stereocenters. The van der Waals surface area contributed by atoms with Crippen LogP contribution in [0, 0.1) is 0 Å². The Labute approximate surface area is 239 Å². The molecule has 228 valence electrons. The molecular weight excluding hydrogens is 468 g/mol. The van der Waals surface area contributed by atoms with E-state index in [4.69, 9.17) is 9.78 Å². The average Bonchev–Trinajstić information content (AvgIpc) is 2.92. The van der Waals surface area contributed by atoms with E-state index in [2.05, 4.69) is 13.8 Å². The summed E-state index contributed by atoms with van der Waals surface area (Å²) in [4.78, 5) is 21.9. The lowest BCUT2D eigenvalue weighted by Gasteiger charge is -2.05. The molecule has 0 saturated carbocycles. The summed E-state index contributed by atoms with van der Waals surface area (Å²) in [6.45, 7) is 5.11. The maximum atomic E-state index is 11.8. The summed E-state index contributed by atoms with van der Waals surface area (Å²) in [5.41, 5.74) is 0. The SMILES string of the molecule is CCCCCCCCCCCCCCCCCCCOOC(=O)CCCCCCCCCCCCCCC. The minimum absolute atomic E-state index is 0.194. The van der Waals surface area contributed by atoms with E-state index in [1.807, 2.05) is 0 Å². The normalized spacial score (nSPS) is 11.3. The molecule has 0 fully saturated rings. The highest BCUT2D eigenvalue weighted by Crippen LogP contribution is 2.15. The number of hydrogen-bond donors (Lipinski definition) is 0. The van der Waals surface area contributed by atoms with Gasteiger partial charge in [-0.25, -0.2) is 4.79 Å². The Bertz CT molecular complexity index is 437. The first-order chi connectivity index (χ1) is 18.8. The van der Waals surface area contributed by atoms with E-state index >= 15 is 0 Å². The van der Waals surface area contributed by atoms with Gasteiger partial charge in [0.05, 0.1) is 6.61 Å². The van der Waals surface area contributed by atoms with Crippen molar-refractivity contribution in [1.82, 2.24) is 0 Å². The molecule has 0 aliphatic heterocycles. The number of carbonyl (C=O) groups is 1. The molecular formula is C35H70O3. The Morgan fingerprint density at radius 3 is 0.947 bits per heavy atom. The van der Waals surface area contributed by atoms with Crippen LogP contribution in [0.5, 0.6) is 0 Å². The maximum Gasteiger partial charge on any atom is 0.342 e. The fourth-order valence-corrected chi connectivity index (χ4v) is 5.32. The van der Waals surface area contributed by atoms with E-state index in [0.29, 0.717) is 13.0 Å². The quantitative estimate of drug-likeness (QED) is 0.0473. The number of unbranched alkanes of at least 4 members (excludes halogenated alkanes) is 28.